The van der Waals surface area contributed by atoms with Crippen LogP contribution in [0, 0.1) is 20.8 Å². The van der Waals surface area contributed by atoms with Gasteiger partial charge in [-0.2, -0.15) is 0 Å². The molecule has 1 heterocycles. The number of rotatable bonds is 4. The van der Waals surface area contributed by atoms with Gasteiger partial charge in [0.05, 0.1) is 7.05 Å². The Hall–Kier alpha value is -2.59. The maximum Gasteiger partial charge on any atom is 0.339 e. The molecule has 2 aromatic carbocycles. The third-order valence-electron chi connectivity index (χ3n) is 4.84. The minimum Gasteiger partial charge on any atom is -0.872 e. The molecule has 0 radical (unpaired) electrons. The van der Waals surface area contributed by atoms with Crippen molar-refractivity contribution in [1.29, 1.82) is 0 Å². The molecule has 1 N–H and O–H groups in total. The Morgan fingerprint density at radius 2 is 1.68 bits per heavy atom. The molecule has 1 atom stereocenters. The van der Waals surface area contributed by atoms with Crippen LogP contribution in [0.1, 0.15) is 27.8 Å². The van der Waals surface area contributed by atoms with Crippen LogP contribution in [0.5, 0.6) is 5.75 Å². The van der Waals surface area contributed by atoms with Crippen molar-refractivity contribution < 1.29 is 14.4 Å². The lowest BCUT2D eigenvalue weighted by Crippen LogP contribution is -3.06. The van der Waals surface area contributed by atoms with E-state index in [9.17, 15) is 9.90 Å². The minimum atomic E-state index is -0.368. The summed E-state index contributed by atoms with van der Waals surface area (Å²) in [6.07, 6.45) is 0. The van der Waals surface area contributed by atoms with Crippen LogP contribution in [0.3, 0.4) is 0 Å². The van der Waals surface area contributed by atoms with Gasteiger partial charge in [0, 0.05) is 16.5 Å². The molecule has 0 aliphatic heterocycles. The molecule has 1 aromatic heterocycles. The van der Waals surface area contributed by atoms with E-state index in [1.54, 1.807) is 13.8 Å². The number of quaternary nitrogens is 1. The number of aryl methyl sites for hydroxylation is 2. The second kappa shape index (κ2) is 6.73. The second-order valence-electron chi connectivity index (χ2n) is 6.80. The molecule has 4 heteroatoms. The topological polar surface area (TPSA) is 57.7 Å². The van der Waals surface area contributed by atoms with E-state index in [0.29, 0.717) is 23.3 Å². The van der Waals surface area contributed by atoms with Crippen molar-refractivity contribution in [1.82, 2.24) is 0 Å². The molecular weight excluding hydrogens is 314 g/mol. The Morgan fingerprint density at radius 1 is 1.00 bits per heavy atom. The molecule has 0 spiro atoms. The first-order chi connectivity index (χ1) is 11.9. The highest BCUT2D eigenvalue weighted by Gasteiger charge is 2.14. The molecule has 0 amide bonds. The van der Waals surface area contributed by atoms with Crippen molar-refractivity contribution in [3.8, 4) is 5.75 Å². The zero-order valence-electron chi connectivity index (χ0n) is 15.1. The summed E-state index contributed by atoms with van der Waals surface area (Å²) in [5, 5.41) is 13.6. The molecular formula is C21H23NO3. The van der Waals surface area contributed by atoms with E-state index in [2.05, 4.69) is 19.2 Å². The lowest BCUT2D eigenvalue weighted by atomic mass is 10.00. The summed E-state index contributed by atoms with van der Waals surface area (Å²) >= 11 is 0. The van der Waals surface area contributed by atoms with E-state index in [-0.39, 0.29) is 11.4 Å². The van der Waals surface area contributed by atoms with Crippen LogP contribution in [0.4, 0.5) is 0 Å². The molecule has 130 valence electrons. The van der Waals surface area contributed by atoms with Gasteiger partial charge in [-0.25, -0.2) is 4.79 Å². The molecule has 3 rings (SSSR count). The van der Waals surface area contributed by atoms with Gasteiger partial charge < -0.3 is 14.4 Å². The first-order valence-corrected chi connectivity index (χ1v) is 8.47. The Kier molecular flexibility index (Phi) is 4.64. The molecule has 0 saturated carbocycles. The monoisotopic (exact) mass is 337 g/mol. The summed E-state index contributed by atoms with van der Waals surface area (Å²) in [4.78, 5) is 13.1. The van der Waals surface area contributed by atoms with Crippen LogP contribution in [-0.2, 0) is 13.1 Å². The lowest BCUT2D eigenvalue weighted by molar-refractivity contribution is -0.907. The summed E-state index contributed by atoms with van der Waals surface area (Å²) in [5.74, 6) is -0.0358. The van der Waals surface area contributed by atoms with Crippen LogP contribution in [0.15, 0.2) is 45.6 Å². The molecule has 0 fully saturated rings. The average molecular weight is 337 g/mol. The third kappa shape index (κ3) is 3.30. The van der Waals surface area contributed by atoms with E-state index in [0.717, 1.165) is 23.1 Å². The normalized spacial score (nSPS) is 12.5. The molecule has 0 aliphatic rings. The Balaban J connectivity index is 1.99. The van der Waals surface area contributed by atoms with E-state index in [1.165, 1.54) is 10.5 Å². The zero-order chi connectivity index (χ0) is 18.1. The molecule has 4 nitrogen and oxygen atoms in total. The van der Waals surface area contributed by atoms with Crippen LogP contribution in [0.25, 0.3) is 11.0 Å². The maximum absolute atomic E-state index is 12.7. The van der Waals surface area contributed by atoms with Gasteiger partial charge in [0.2, 0.25) is 0 Å². The molecule has 25 heavy (non-hydrogen) atoms. The summed E-state index contributed by atoms with van der Waals surface area (Å²) in [6.45, 7) is 6.87. The van der Waals surface area contributed by atoms with E-state index >= 15 is 0 Å². The Bertz CT molecular complexity index is 974. The van der Waals surface area contributed by atoms with Crippen LogP contribution >= 0.6 is 0 Å². The Morgan fingerprint density at radius 3 is 2.36 bits per heavy atom. The van der Waals surface area contributed by atoms with Crippen molar-refractivity contribution in [3.05, 3.63) is 74.6 Å². The fourth-order valence-electron chi connectivity index (χ4n) is 3.25. The van der Waals surface area contributed by atoms with Gasteiger partial charge in [0.1, 0.15) is 18.7 Å². The first kappa shape index (κ1) is 17.2. The smallest absolute Gasteiger partial charge is 0.339 e. The SMILES string of the molecule is Cc1c(C)c2cc(C[NH+](C)Cc3ccccc3)c([O-])c(C)c2oc1=O. The predicted octanol–water partition coefficient (Wildman–Crippen LogP) is 2.01. The van der Waals surface area contributed by atoms with Crippen molar-refractivity contribution in [2.24, 2.45) is 0 Å². The number of benzene rings is 2. The summed E-state index contributed by atoms with van der Waals surface area (Å²) in [6, 6.07) is 12.1. The second-order valence-corrected chi connectivity index (χ2v) is 6.80. The van der Waals surface area contributed by atoms with Gasteiger partial charge in [-0.05, 0) is 43.5 Å². The predicted molar refractivity (Wildman–Crippen MR) is 96.9 cm³/mol. The van der Waals surface area contributed by atoms with E-state index in [4.69, 9.17) is 4.42 Å². The highest BCUT2D eigenvalue weighted by molar-refractivity contribution is 5.86. The number of fused-ring (bicyclic) bond motifs is 1. The van der Waals surface area contributed by atoms with Gasteiger partial charge in [-0.1, -0.05) is 36.1 Å². The summed E-state index contributed by atoms with van der Waals surface area (Å²) < 4.78 is 5.38. The van der Waals surface area contributed by atoms with Gasteiger partial charge >= 0.3 is 5.63 Å². The summed E-state index contributed by atoms with van der Waals surface area (Å²) in [7, 11) is 2.08. The fraction of sp³-hybridized carbons (Fsp3) is 0.286. The molecule has 0 saturated heterocycles. The lowest BCUT2D eigenvalue weighted by Gasteiger charge is -2.22. The van der Waals surface area contributed by atoms with Crippen molar-refractivity contribution >= 4 is 11.0 Å². The third-order valence-corrected chi connectivity index (χ3v) is 4.84. The summed E-state index contributed by atoms with van der Waals surface area (Å²) in [5.41, 5.74) is 4.05. The molecule has 3 aromatic rings. The van der Waals surface area contributed by atoms with Crippen LogP contribution < -0.4 is 15.6 Å². The average Bonchev–Trinajstić information content (AvgIpc) is 2.59. The van der Waals surface area contributed by atoms with Crippen molar-refractivity contribution in [2.45, 2.75) is 33.9 Å². The standard InChI is InChI=1S/C21H23NO3/c1-13-14(2)21(24)25-20-15(3)19(23)17(10-18(13)20)12-22(4)11-16-8-6-5-7-9-16/h5-10,23H,11-12H2,1-4H3. The van der Waals surface area contributed by atoms with E-state index in [1.807, 2.05) is 31.2 Å². The van der Waals surface area contributed by atoms with Gasteiger partial charge in [0.25, 0.3) is 0 Å². The maximum atomic E-state index is 12.7. The zero-order valence-corrected chi connectivity index (χ0v) is 15.1. The van der Waals surface area contributed by atoms with Crippen LogP contribution in [0.2, 0.25) is 0 Å². The molecule has 1 unspecified atom stereocenters. The first-order valence-electron chi connectivity index (χ1n) is 8.47. The van der Waals surface area contributed by atoms with Crippen molar-refractivity contribution in [3.63, 3.8) is 0 Å². The van der Waals surface area contributed by atoms with Gasteiger partial charge in [-0.15, -0.1) is 0 Å². The largest absolute Gasteiger partial charge is 0.872 e. The molecule has 0 aliphatic carbocycles. The highest BCUT2D eigenvalue weighted by Crippen LogP contribution is 2.30. The Labute approximate surface area is 147 Å². The molecule has 0 bridgehead atoms. The van der Waals surface area contributed by atoms with E-state index < -0.39 is 0 Å². The van der Waals surface area contributed by atoms with Crippen molar-refractivity contribution in [2.75, 3.05) is 7.05 Å². The highest BCUT2D eigenvalue weighted by atomic mass is 16.4. The fourth-order valence-corrected chi connectivity index (χ4v) is 3.25. The number of nitrogens with one attached hydrogen (secondary N) is 1. The quantitative estimate of drug-likeness (QED) is 0.741. The minimum absolute atomic E-state index is 0.0358. The van der Waals surface area contributed by atoms with Gasteiger partial charge in [-0.3, -0.25) is 0 Å². The van der Waals surface area contributed by atoms with Crippen LogP contribution in [-0.4, -0.2) is 7.05 Å². The number of hydrogen-bond donors (Lipinski definition) is 1. The number of hydrogen-bond acceptors (Lipinski definition) is 3. The van der Waals surface area contributed by atoms with Gasteiger partial charge in [0.15, 0.2) is 0 Å².